The number of hydrogen-bond acceptors (Lipinski definition) is 2. The average Bonchev–Trinajstić information content (AvgIpc) is 2.37. The number of nitrogens with two attached hydrogens (primary N) is 1. The highest BCUT2D eigenvalue weighted by Crippen LogP contribution is 2.33. The van der Waals surface area contributed by atoms with Crippen molar-refractivity contribution >= 4 is 23.2 Å². The maximum Gasteiger partial charge on any atom is 0.124 e. The van der Waals surface area contributed by atoms with E-state index in [-0.39, 0.29) is 18.4 Å². The molecule has 2 aromatic carbocycles. The van der Waals surface area contributed by atoms with Gasteiger partial charge in [-0.1, -0.05) is 43.7 Å². The molecule has 0 spiro atoms. The highest BCUT2D eigenvalue weighted by Gasteiger charge is 2.14. The summed E-state index contributed by atoms with van der Waals surface area (Å²) in [7, 11) is 1.70. The van der Waals surface area contributed by atoms with Gasteiger partial charge in [0.25, 0.3) is 0 Å². The molecule has 2 N–H and O–H groups in total. The van der Waals surface area contributed by atoms with Crippen LogP contribution in [0.15, 0.2) is 36.4 Å². The molecule has 0 aliphatic heterocycles. The van der Waals surface area contributed by atoms with Gasteiger partial charge in [-0.3, -0.25) is 0 Å². The molecule has 0 radical (unpaired) electrons. The molecule has 0 saturated carbocycles. The van der Waals surface area contributed by atoms with Crippen LogP contribution in [0, 0.1) is 0 Å². The SMILES string of the molecule is CCC[C@@H](N)c1c(OC)ccc2ccccc12.Cl. The number of benzene rings is 2. The molecule has 3 heteroatoms. The van der Waals surface area contributed by atoms with Crippen molar-refractivity contribution < 1.29 is 4.74 Å². The van der Waals surface area contributed by atoms with Crippen molar-refractivity contribution in [1.29, 1.82) is 0 Å². The van der Waals surface area contributed by atoms with Gasteiger partial charge in [-0.2, -0.15) is 0 Å². The largest absolute Gasteiger partial charge is 0.496 e. The summed E-state index contributed by atoms with van der Waals surface area (Å²) in [6.45, 7) is 2.15. The third kappa shape index (κ3) is 2.77. The van der Waals surface area contributed by atoms with Gasteiger partial charge in [0.15, 0.2) is 0 Å². The second-order valence-electron chi connectivity index (χ2n) is 4.30. The van der Waals surface area contributed by atoms with E-state index in [0.717, 1.165) is 24.2 Å². The Balaban J connectivity index is 0.00000162. The molecule has 0 aromatic heterocycles. The Morgan fingerprint density at radius 3 is 2.56 bits per heavy atom. The minimum absolute atomic E-state index is 0. The number of ether oxygens (including phenoxy) is 1. The first-order valence-electron chi connectivity index (χ1n) is 6.09. The van der Waals surface area contributed by atoms with Crippen LogP contribution in [0.1, 0.15) is 31.4 Å². The fourth-order valence-electron chi connectivity index (χ4n) is 2.29. The second-order valence-corrected chi connectivity index (χ2v) is 4.30. The van der Waals surface area contributed by atoms with Crippen molar-refractivity contribution in [1.82, 2.24) is 0 Å². The number of fused-ring (bicyclic) bond motifs is 1. The van der Waals surface area contributed by atoms with Gasteiger partial charge in [0.1, 0.15) is 5.75 Å². The van der Waals surface area contributed by atoms with Crippen LogP contribution >= 0.6 is 12.4 Å². The Hall–Kier alpha value is -1.25. The first-order valence-corrected chi connectivity index (χ1v) is 6.09. The first-order chi connectivity index (χ1) is 8.27. The zero-order valence-corrected chi connectivity index (χ0v) is 11.7. The van der Waals surface area contributed by atoms with E-state index in [9.17, 15) is 0 Å². The van der Waals surface area contributed by atoms with Gasteiger partial charge >= 0.3 is 0 Å². The summed E-state index contributed by atoms with van der Waals surface area (Å²) in [6.07, 6.45) is 2.05. The van der Waals surface area contributed by atoms with E-state index < -0.39 is 0 Å². The summed E-state index contributed by atoms with van der Waals surface area (Å²) < 4.78 is 5.44. The molecule has 0 heterocycles. The lowest BCUT2D eigenvalue weighted by molar-refractivity contribution is 0.405. The summed E-state index contributed by atoms with van der Waals surface area (Å²) in [5.41, 5.74) is 7.40. The van der Waals surface area contributed by atoms with Crippen molar-refractivity contribution in [2.75, 3.05) is 7.11 Å². The van der Waals surface area contributed by atoms with Gasteiger partial charge in [-0.25, -0.2) is 0 Å². The molecule has 0 bridgehead atoms. The quantitative estimate of drug-likeness (QED) is 0.904. The van der Waals surface area contributed by atoms with Crippen molar-refractivity contribution in [3.8, 4) is 5.75 Å². The Labute approximate surface area is 115 Å². The molecule has 0 aliphatic carbocycles. The van der Waals surface area contributed by atoms with E-state index in [1.54, 1.807) is 7.11 Å². The first kappa shape index (κ1) is 14.8. The monoisotopic (exact) mass is 265 g/mol. The highest BCUT2D eigenvalue weighted by molar-refractivity contribution is 5.88. The summed E-state index contributed by atoms with van der Waals surface area (Å²) in [4.78, 5) is 0. The van der Waals surface area contributed by atoms with Gasteiger partial charge in [0.05, 0.1) is 7.11 Å². The Morgan fingerprint density at radius 2 is 1.89 bits per heavy atom. The number of rotatable bonds is 4. The van der Waals surface area contributed by atoms with Crippen LogP contribution in [-0.2, 0) is 0 Å². The lowest BCUT2D eigenvalue weighted by Crippen LogP contribution is -2.11. The summed E-state index contributed by atoms with van der Waals surface area (Å²) in [5, 5.41) is 2.42. The minimum atomic E-state index is 0. The molecule has 98 valence electrons. The van der Waals surface area contributed by atoms with Gasteiger partial charge < -0.3 is 10.5 Å². The van der Waals surface area contributed by atoms with Crippen LogP contribution in [0.3, 0.4) is 0 Å². The van der Waals surface area contributed by atoms with Crippen LogP contribution in [-0.4, -0.2) is 7.11 Å². The molecule has 0 aliphatic rings. The minimum Gasteiger partial charge on any atom is -0.496 e. The third-order valence-corrected chi connectivity index (χ3v) is 3.12. The lowest BCUT2D eigenvalue weighted by Gasteiger charge is -2.17. The van der Waals surface area contributed by atoms with E-state index in [1.807, 2.05) is 18.2 Å². The predicted octanol–water partition coefficient (Wildman–Crippen LogP) is 4.07. The normalized spacial score (nSPS) is 11.9. The summed E-state index contributed by atoms with van der Waals surface area (Å²) in [6, 6.07) is 12.4. The number of methoxy groups -OCH3 is 1. The average molecular weight is 266 g/mol. The molecule has 1 atom stereocenters. The van der Waals surface area contributed by atoms with Crippen molar-refractivity contribution in [2.45, 2.75) is 25.8 Å². The molecule has 2 aromatic rings. The maximum absolute atomic E-state index is 6.27. The molecule has 2 nitrogen and oxygen atoms in total. The van der Waals surface area contributed by atoms with Gasteiger partial charge in [-0.15, -0.1) is 12.4 Å². The Bertz CT molecular complexity index is 513. The van der Waals surface area contributed by atoms with E-state index in [2.05, 4.69) is 25.1 Å². The van der Waals surface area contributed by atoms with Crippen LogP contribution in [0.2, 0.25) is 0 Å². The maximum atomic E-state index is 6.27. The third-order valence-electron chi connectivity index (χ3n) is 3.12. The van der Waals surface area contributed by atoms with Crippen LogP contribution in [0.4, 0.5) is 0 Å². The zero-order valence-electron chi connectivity index (χ0n) is 10.8. The second kappa shape index (κ2) is 6.62. The molecule has 18 heavy (non-hydrogen) atoms. The van der Waals surface area contributed by atoms with E-state index in [1.165, 1.54) is 10.8 Å². The van der Waals surface area contributed by atoms with Crippen LogP contribution in [0.5, 0.6) is 5.75 Å². The van der Waals surface area contributed by atoms with Crippen molar-refractivity contribution in [3.05, 3.63) is 42.0 Å². The van der Waals surface area contributed by atoms with Gasteiger partial charge in [0, 0.05) is 11.6 Å². The molecular formula is C15H20ClNO. The van der Waals surface area contributed by atoms with E-state index >= 15 is 0 Å². The smallest absolute Gasteiger partial charge is 0.124 e. The molecule has 0 saturated heterocycles. The van der Waals surface area contributed by atoms with E-state index in [4.69, 9.17) is 10.5 Å². The Morgan fingerprint density at radius 1 is 1.17 bits per heavy atom. The lowest BCUT2D eigenvalue weighted by atomic mass is 9.95. The summed E-state index contributed by atoms with van der Waals surface area (Å²) >= 11 is 0. The summed E-state index contributed by atoms with van der Waals surface area (Å²) in [5.74, 6) is 0.893. The van der Waals surface area contributed by atoms with Gasteiger partial charge in [0.2, 0.25) is 0 Å². The van der Waals surface area contributed by atoms with Gasteiger partial charge in [-0.05, 0) is 23.3 Å². The van der Waals surface area contributed by atoms with Crippen molar-refractivity contribution in [3.63, 3.8) is 0 Å². The fourth-order valence-corrected chi connectivity index (χ4v) is 2.29. The highest BCUT2D eigenvalue weighted by atomic mass is 35.5. The number of halogens is 1. The molecule has 0 fully saturated rings. The van der Waals surface area contributed by atoms with Crippen LogP contribution in [0.25, 0.3) is 10.8 Å². The molecule has 0 unspecified atom stereocenters. The Kier molecular flexibility index (Phi) is 5.45. The zero-order chi connectivity index (χ0) is 12.3. The molecular weight excluding hydrogens is 246 g/mol. The number of hydrogen-bond donors (Lipinski definition) is 1. The topological polar surface area (TPSA) is 35.2 Å². The standard InChI is InChI=1S/C15H19NO.ClH/c1-3-6-13(16)15-12-8-5-4-7-11(12)9-10-14(15)17-2;/h4-5,7-10,13H,3,6,16H2,1-2H3;1H/t13-;/m1./s1. The fraction of sp³-hybridized carbons (Fsp3) is 0.333. The van der Waals surface area contributed by atoms with Crippen LogP contribution < -0.4 is 10.5 Å². The van der Waals surface area contributed by atoms with Crippen molar-refractivity contribution in [2.24, 2.45) is 5.73 Å². The molecule has 0 amide bonds. The van der Waals surface area contributed by atoms with E-state index in [0.29, 0.717) is 0 Å². The molecule has 2 rings (SSSR count). The predicted molar refractivity (Wildman–Crippen MR) is 79.6 cm³/mol.